The Morgan fingerprint density at radius 3 is 2.71 bits per heavy atom. The average molecular weight is 420 g/mol. The molecule has 0 spiro atoms. The first-order valence-electron chi connectivity index (χ1n) is 9.30. The second-order valence-corrected chi connectivity index (χ2v) is 9.82. The summed E-state index contributed by atoms with van der Waals surface area (Å²) in [6.45, 7) is 0.927. The van der Waals surface area contributed by atoms with Crippen molar-refractivity contribution in [1.82, 2.24) is 14.6 Å². The third kappa shape index (κ3) is 6.05. The predicted molar refractivity (Wildman–Crippen MR) is 112 cm³/mol. The number of benzene rings is 1. The first-order chi connectivity index (χ1) is 13.4. The van der Waals surface area contributed by atoms with Crippen molar-refractivity contribution in [3.63, 3.8) is 0 Å². The highest BCUT2D eigenvalue weighted by molar-refractivity contribution is 7.98. The standard InChI is InChI=1S/C20H25N3O3S2/c1-28(25,26)22-14-18-6-2-3-12-23(18)20(24)17-7-9-19(10-8-17)27-15-16-5-4-11-21-13-16/h4-5,7-11,13,18,22H,2-3,6,12,14-15H2,1H3. The lowest BCUT2D eigenvalue weighted by molar-refractivity contribution is 0.0618. The fourth-order valence-corrected chi connectivity index (χ4v) is 4.57. The fourth-order valence-electron chi connectivity index (χ4n) is 3.24. The minimum Gasteiger partial charge on any atom is -0.334 e. The zero-order valence-electron chi connectivity index (χ0n) is 15.9. The van der Waals surface area contributed by atoms with Crippen LogP contribution < -0.4 is 4.72 Å². The van der Waals surface area contributed by atoms with Crippen LogP contribution in [0.2, 0.25) is 0 Å². The predicted octanol–water partition coefficient (Wildman–Crippen LogP) is 2.92. The number of sulfonamides is 1. The van der Waals surface area contributed by atoms with Crippen molar-refractivity contribution >= 4 is 27.7 Å². The number of aromatic nitrogens is 1. The zero-order valence-corrected chi connectivity index (χ0v) is 17.5. The summed E-state index contributed by atoms with van der Waals surface area (Å²) in [7, 11) is -3.27. The Balaban J connectivity index is 1.62. The molecule has 28 heavy (non-hydrogen) atoms. The van der Waals surface area contributed by atoms with Gasteiger partial charge in [-0.05, 0) is 55.2 Å². The molecule has 1 atom stereocenters. The Morgan fingerprint density at radius 1 is 1.25 bits per heavy atom. The molecule has 1 aliphatic rings. The molecular weight excluding hydrogens is 394 g/mol. The van der Waals surface area contributed by atoms with E-state index in [-0.39, 0.29) is 18.5 Å². The van der Waals surface area contributed by atoms with Gasteiger partial charge in [0.1, 0.15) is 0 Å². The summed E-state index contributed by atoms with van der Waals surface area (Å²) >= 11 is 1.70. The molecule has 0 saturated carbocycles. The monoisotopic (exact) mass is 419 g/mol. The molecule has 1 amide bonds. The molecular formula is C20H25N3O3S2. The van der Waals surface area contributed by atoms with Gasteiger partial charge >= 0.3 is 0 Å². The van der Waals surface area contributed by atoms with Gasteiger partial charge < -0.3 is 4.90 Å². The van der Waals surface area contributed by atoms with E-state index in [1.807, 2.05) is 42.6 Å². The van der Waals surface area contributed by atoms with Gasteiger partial charge in [-0.25, -0.2) is 13.1 Å². The summed E-state index contributed by atoms with van der Waals surface area (Å²) in [5.74, 6) is 0.788. The van der Waals surface area contributed by atoms with Crippen molar-refractivity contribution < 1.29 is 13.2 Å². The van der Waals surface area contributed by atoms with E-state index in [0.717, 1.165) is 41.7 Å². The Kier molecular flexibility index (Phi) is 7.09. The van der Waals surface area contributed by atoms with Gasteiger partial charge in [-0.15, -0.1) is 11.8 Å². The van der Waals surface area contributed by atoms with E-state index in [9.17, 15) is 13.2 Å². The average Bonchev–Trinajstić information content (AvgIpc) is 2.71. The number of carbonyl (C=O) groups excluding carboxylic acids is 1. The maximum absolute atomic E-state index is 13.0. The molecule has 1 aromatic heterocycles. The van der Waals surface area contributed by atoms with Crippen molar-refractivity contribution in [3.8, 4) is 0 Å². The zero-order chi connectivity index (χ0) is 20.0. The van der Waals surface area contributed by atoms with Gasteiger partial charge in [0.05, 0.1) is 6.26 Å². The van der Waals surface area contributed by atoms with Crippen LogP contribution in [0.3, 0.4) is 0 Å². The van der Waals surface area contributed by atoms with Crippen LogP contribution in [-0.2, 0) is 15.8 Å². The summed E-state index contributed by atoms with van der Waals surface area (Å²) < 4.78 is 25.3. The molecule has 8 heteroatoms. The topological polar surface area (TPSA) is 79.4 Å². The van der Waals surface area contributed by atoms with E-state index in [0.29, 0.717) is 12.1 Å². The number of pyridine rings is 1. The number of likely N-dealkylation sites (tertiary alicyclic amines) is 1. The minimum atomic E-state index is -3.27. The van der Waals surface area contributed by atoms with E-state index in [1.54, 1.807) is 22.9 Å². The Labute approximate surface area is 170 Å². The van der Waals surface area contributed by atoms with Crippen molar-refractivity contribution in [1.29, 1.82) is 0 Å². The molecule has 0 aliphatic carbocycles. The maximum Gasteiger partial charge on any atom is 0.254 e. The fraction of sp³-hybridized carbons (Fsp3) is 0.400. The van der Waals surface area contributed by atoms with Gasteiger partial charge in [0, 0.05) is 47.7 Å². The summed E-state index contributed by atoms with van der Waals surface area (Å²) in [5, 5.41) is 0. The highest BCUT2D eigenvalue weighted by Crippen LogP contribution is 2.24. The molecule has 150 valence electrons. The van der Waals surface area contributed by atoms with Crippen molar-refractivity contribution in [2.24, 2.45) is 0 Å². The number of amides is 1. The molecule has 6 nitrogen and oxygen atoms in total. The molecule has 1 fully saturated rings. The molecule has 1 N–H and O–H groups in total. The van der Waals surface area contributed by atoms with Crippen molar-refractivity contribution in [2.45, 2.75) is 36.0 Å². The van der Waals surface area contributed by atoms with Crippen LogP contribution in [0.1, 0.15) is 35.2 Å². The number of nitrogens with one attached hydrogen (secondary N) is 1. The molecule has 2 aromatic rings. The highest BCUT2D eigenvalue weighted by Gasteiger charge is 2.28. The van der Waals surface area contributed by atoms with Crippen LogP contribution in [-0.4, -0.2) is 49.6 Å². The number of hydrogen-bond acceptors (Lipinski definition) is 5. The van der Waals surface area contributed by atoms with Gasteiger partial charge in [-0.1, -0.05) is 6.07 Å². The molecule has 0 bridgehead atoms. The third-order valence-electron chi connectivity index (χ3n) is 4.70. The van der Waals surface area contributed by atoms with Crippen molar-refractivity contribution in [2.75, 3.05) is 19.3 Å². The van der Waals surface area contributed by atoms with Gasteiger partial charge in [0.2, 0.25) is 10.0 Å². The number of hydrogen-bond donors (Lipinski definition) is 1. The third-order valence-corrected chi connectivity index (χ3v) is 6.47. The molecule has 1 aliphatic heterocycles. The second kappa shape index (κ2) is 9.54. The quantitative estimate of drug-likeness (QED) is 0.698. The van der Waals surface area contributed by atoms with E-state index in [4.69, 9.17) is 0 Å². The largest absolute Gasteiger partial charge is 0.334 e. The van der Waals surface area contributed by atoms with Crippen LogP contribution in [0.4, 0.5) is 0 Å². The lowest BCUT2D eigenvalue weighted by atomic mass is 10.0. The number of rotatable bonds is 7. The maximum atomic E-state index is 13.0. The number of carbonyl (C=O) groups is 1. The highest BCUT2D eigenvalue weighted by atomic mass is 32.2. The molecule has 1 unspecified atom stereocenters. The minimum absolute atomic E-state index is 0.0381. The second-order valence-electron chi connectivity index (χ2n) is 6.94. The molecule has 3 rings (SSSR count). The summed E-state index contributed by atoms with van der Waals surface area (Å²) in [5.41, 5.74) is 1.79. The molecule has 0 radical (unpaired) electrons. The van der Waals surface area contributed by atoms with Crippen molar-refractivity contribution in [3.05, 3.63) is 59.9 Å². The lowest BCUT2D eigenvalue weighted by Crippen LogP contribution is -2.49. The molecule has 1 saturated heterocycles. The first kappa shape index (κ1) is 20.8. The summed E-state index contributed by atoms with van der Waals surface area (Å²) in [6.07, 6.45) is 7.51. The van der Waals surface area contributed by atoms with Crippen LogP contribution in [0.15, 0.2) is 53.7 Å². The summed E-state index contributed by atoms with van der Waals surface area (Å²) in [6, 6.07) is 11.5. The van der Waals surface area contributed by atoms with E-state index in [1.165, 1.54) is 0 Å². The normalized spacial score (nSPS) is 17.5. The lowest BCUT2D eigenvalue weighted by Gasteiger charge is -2.35. The van der Waals surface area contributed by atoms with Crippen LogP contribution in [0.5, 0.6) is 0 Å². The van der Waals surface area contributed by atoms with Crippen LogP contribution >= 0.6 is 11.8 Å². The molecule has 1 aromatic carbocycles. The number of piperidine rings is 1. The van der Waals surface area contributed by atoms with Crippen LogP contribution in [0.25, 0.3) is 0 Å². The van der Waals surface area contributed by atoms with E-state index < -0.39 is 10.0 Å². The van der Waals surface area contributed by atoms with E-state index >= 15 is 0 Å². The van der Waals surface area contributed by atoms with E-state index in [2.05, 4.69) is 9.71 Å². The van der Waals surface area contributed by atoms with Gasteiger partial charge in [-0.2, -0.15) is 0 Å². The number of nitrogens with zero attached hydrogens (tertiary/aromatic N) is 2. The summed E-state index contributed by atoms with van der Waals surface area (Å²) in [4.78, 5) is 20.0. The SMILES string of the molecule is CS(=O)(=O)NCC1CCCCN1C(=O)c1ccc(SCc2cccnc2)cc1. The number of thioether (sulfide) groups is 1. The Hall–Kier alpha value is -1.90. The Bertz CT molecular complexity index is 887. The smallest absolute Gasteiger partial charge is 0.254 e. The van der Waals surface area contributed by atoms with Gasteiger partial charge in [0.15, 0.2) is 0 Å². The van der Waals surface area contributed by atoms with Gasteiger partial charge in [-0.3, -0.25) is 9.78 Å². The molecule has 2 heterocycles. The Morgan fingerprint density at radius 2 is 2.04 bits per heavy atom. The first-order valence-corrected chi connectivity index (χ1v) is 12.2. The van der Waals surface area contributed by atoms with Crippen LogP contribution in [0, 0.1) is 0 Å². The van der Waals surface area contributed by atoms with Gasteiger partial charge in [0.25, 0.3) is 5.91 Å².